The Bertz CT molecular complexity index is 896. The van der Waals surface area contributed by atoms with Gasteiger partial charge in [0.1, 0.15) is 11.8 Å². The lowest BCUT2D eigenvalue weighted by molar-refractivity contribution is -0.224. The van der Waals surface area contributed by atoms with Crippen molar-refractivity contribution < 1.29 is 26.8 Å². The quantitative estimate of drug-likeness (QED) is 0.615. The van der Waals surface area contributed by atoms with Gasteiger partial charge in [-0.15, -0.1) is 0 Å². The largest absolute Gasteiger partial charge is 0.394 e. The number of alkyl halides is 3. The van der Waals surface area contributed by atoms with Gasteiger partial charge in [-0.25, -0.2) is 15.0 Å². The van der Waals surface area contributed by atoms with Crippen LogP contribution in [0.4, 0.5) is 19.0 Å². The van der Waals surface area contributed by atoms with Crippen molar-refractivity contribution in [1.29, 1.82) is 0 Å². The third-order valence-corrected chi connectivity index (χ3v) is 7.55. The highest BCUT2D eigenvalue weighted by molar-refractivity contribution is 7.53. The number of aromatic nitrogens is 4. The molecule has 2 heterocycles. The van der Waals surface area contributed by atoms with E-state index in [-0.39, 0.29) is 44.5 Å². The molecule has 1 aliphatic rings. The van der Waals surface area contributed by atoms with Crippen LogP contribution < -0.4 is 5.73 Å². The third kappa shape index (κ3) is 4.27. The first-order chi connectivity index (χ1) is 13.6. The fourth-order valence-electron chi connectivity index (χ4n) is 4.01. The second-order valence-corrected chi connectivity index (χ2v) is 9.36. The first-order valence-corrected chi connectivity index (χ1v) is 11.3. The van der Waals surface area contributed by atoms with Gasteiger partial charge in [0.05, 0.1) is 31.1 Å². The molecule has 0 saturated heterocycles. The first-order valence-electron chi connectivity index (χ1n) is 9.52. The minimum absolute atomic E-state index is 0.0837. The summed E-state index contributed by atoms with van der Waals surface area (Å²) in [6.45, 7) is 3.49. The molecule has 12 heteroatoms. The zero-order chi connectivity index (χ0) is 21.3. The van der Waals surface area contributed by atoms with Crippen LogP contribution in [-0.4, -0.2) is 45.1 Å². The van der Waals surface area contributed by atoms with Crippen molar-refractivity contribution in [3.05, 3.63) is 12.7 Å². The molecule has 0 bridgehead atoms. The molecule has 1 saturated carbocycles. The van der Waals surface area contributed by atoms with E-state index >= 15 is 0 Å². The summed E-state index contributed by atoms with van der Waals surface area (Å²) in [5.74, 6) is 0.184. The maximum Gasteiger partial charge on any atom is 0.394 e. The first kappa shape index (κ1) is 22.0. The summed E-state index contributed by atoms with van der Waals surface area (Å²) in [6, 6.07) is -0.450. The topological polar surface area (TPSA) is 105 Å². The maximum atomic E-state index is 14.1. The summed E-state index contributed by atoms with van der Waals surface area (Å²) in [5.41, 5.74) is 4.58. The number of nitrogen functional groups attached to an aromatic ring is 1. The lowest BCUT2D eigenvalue weighted by Crippen LogP contribution is -2.37. The van der Waals surface area contributed by atoms with Crippen molar-refractivity contribution in [1.82, 2.24) is 19.5 Å². The number of halogens is 3. The van der Waals surface area contributed by atoms with E-state index in [9.17, 15) is 17.7 Å². The average molecular weight is 435 g/mol. The van der Waals surface area contributed by atoms with E-state index < -0.39 is 25.2 Å². The van der Waals surface area contributed by atoms with Crippen LogP contribution in [0.15, 0.2) is 12.7 Å². The molecule has 8 nitrogen and oxygen atoms in total. The van der Waals surface area contributed by atoms with Gasteiger partial charge in [0.2, 0.25) is 0 Å². The van der Waals surface area contributed by atoms with E-state index in [2.05, 4.69) is 15.0 Å². The Morgan fingerprint density at radius 2 is 1.97 bits per heavy atom. The van der Waals surface area contributed by atoms with Crippen molar-refractivity contribution >= 4 is 24.6 Å². The molecule has 162 valence electrons. The van der Waals surface area contributed by atoms with Crippen LogP contribution in [-0.2, 0) is 13.6 Å². The molecule has 2 atom stereocenters. The molecule has 1 fully saturated rings. The average Bonchev–Trinajstić information content (AvgIpc) is 3.26. The summed E-state index contributed by atoms with van der Waals surface area (Å²) in [4.78, 5) is 12.1. The fourth-order valence-corrected chi connectivity index (χ4v) is 5.83. The van der Waals surface area contributed by atoms with Crippen LogP contribution in [0.25, 0.3) is 11.2 Å². The smallest absolute Gasteiger partial charge is 0.382 e. The number of rotatable bonds is 8. The molecule has 1 aliphatic carbocycles. The zero-order valence-electron chi connectivity index (χ0n) is 16.4. The molecule has 0 unspecified atom stereocenters. The van der Waals surface area contributed by atoms with Crippen molar-refractivity contribution in [2.45, 2.75) is 51.7 Å². The number of nitrogens with two attached hydrogens (primary N) is 1. The highest BCUT2D eigenvalue weighted by Gasteiger charge is 2.58. The van der Waals surface area contributed by atoms with Gasteiger partial charge >= 0.3 is 13.8 Å². The standard InChI is InChI=1S/C17H25F3N5O3P/c1-3-27-29(26,28-4-2)8-7-16(17(18,19)20)6-5-12(9-16)25-11-24-13-14(21)22-10-23-15(13)25/h10-12H,3-9H2,1-2H3,(H2,21,22,23)/t12-,16+/m0/s1. The lowest BCUT2D eigenvalue weighted by atomic mass is 9.82. The summed E-state index contributed by atoms with van der Waals surface area (Å²) in [7, 11) is -3.57. The molecule has 0 radical (unpaired) electrons. The van der Waals surface area contributed by atoms with Gasteiger partial charge in [0, 0.05) is 6.04 Å². The van der Waals surface area contributed by atoms with Gasteiger partial charge < -0.3 is 19.3 Å². The predicted molar refractivity (Wildman–Crippen MR) is 101 cm³/mol. The maximum absolute atomic E-state index is 14.1. The number of imidazole rings is 1. The molecule has 0 aromatic carbocycles. The van der Waals surface area contributed by atoms with Gasteiger partial charge in [-0.2, -0.15) is 13.2 Å². The second-order valence-electron chi connectivity index (χ2n) is 7.18. The second kappa shape index (κ2) is 8.20. The third-order valence-electron chi connectivity index (χ3n) is 5.48. The van der Waals surface area contributed by atoms with E-state index in [4.69, 9.17) is 14.8 Å². The summed E-state index contributed by atoms with van der Waals surface area (Å²) in [5, 5.41) is 0. The number of anilines is 1. The molecule has 0 aliphatic heterocycles. The van der Waals surface area contributed by atoms with Crippen molar-refractivity contribution in [2.75, 3.05) is 25.1 Å². The minimum Gasteiger partial charge on any atom is -0.382 e. The normalized spacial score (nSPS) is 23.1. The molecule has 2 aromatic heterocycles. The summed E-state index contributed by atoms with van der Waals surface area (Å²) < 4.78 is 67.0. The van der Waals surface area contributed by atoms with Gasteiger partial charge in [-0.05, 0) is 39.5 Å². The molecule has 0 spiro atoms. The molecule has 3 rings (SSSR count). The Labute approximate surface area is 166 Å². The number of hydrogen-bond donors (Lipinski definition) is 1. The predicted octanol–water partition coefficient (Wildman–Crippen LogP) is 4.34. The SMILES string of the molecule is CCOP(=O)(CC[C@]1(C(F)(F)F)CC[C@H](n2cnc3c(N)ncnc32)C1)OCC. The number of nitrogens with zero attached hydrogens (tertiary/aromatic N) is 4. The van der Waals surface area contributed by atoms with E-state index in [1.54, 1.807) is 18.4 Å². The van der Waals surface area contributed by atoms with Gasteiger partial charge in [0.15, 0.2) is 11.5 Å². The Balaban J connectivity index is 1.85. The monoisotopic (exact) mass is 435 g/mol. The summed E-state index contributed by atoms with van der Waals surface area (Å²) in [6.07, 6.45) is -2.28. The zero-order valence-corrected chi connectivity index (χ0v) is 17.2. The fraction of sp³-hybridized carbons (Fsp3) is 0.706. The Hall–Kier alpha value is -1.71. The van der Waals surface area contributed by atoms with Crippen LogP contribution in [0, 0.1) is 5.41 Å². The van der Waals surface area contributed by atoms with Crippen molar-refractivity contribution in [2.24, 2.45) is 5.41 Å². The molecule has 0 amide bonds. The Morgan fingerprint density at radius 1 is 1.28 bits per heavy atom. The van der Waals surface area contributed by atoms with Gasteiger partial charge in [-0.1, -0.05) is 0 Å². The van der Waals surface area contributed by atoms with E-state index in [0.29, 0.717) is 17.6 Å². The molecule has 29 heavy (non-hydrogen) atoms. The van der Waals surface area contributed by atoms with Gasteiger partial charge in [0.25, 0.3) is 0 Å². The molecule has 2 N–H and O–H groups in total. The van der Waals surface area contributed by atoms with E-state index in [1.165, 1.54) is 12.7 Å². The van der Waals surface area contributed by atoms with Crippen LogP contribution in [0.5, 0.6) is 0 Å². The van der Waals surface area contributed by atoms with Crippen molar-refractivity contribution in [3.63, 3.8) is 0 Å². The van der Waals surface area contributed by atoms with E-state index in [0.717, 1.165) is 0 Å². The van der Waals surface area contributed by atoms with E-state index in [1.807, 2.05) is 0 Å². The van der Waals surface area contributed by atoms with Crippen LogP contribution in [0.2, 0.25) is 0 Å². The Kier molecular flexibility index (Phi) is 6.21. The number of fused-ring (bicyclic) bond motifs is 1. The van der Waals surface area contributed by atoms with Gasteiger partial charge in [-0.3, -0.25) is 4.57 Å². The lowest BCUT2D eigenvalue weighted by Gasteiger charge is -2.33. The minimum atomic E-state index is -4.45. The van der Waals surface area contributed by atoms with Crippen LogP contribution >= 0.6 is 7.60 Å². The highest BCUT2D eigenvalue weighted by atomic mass is 31.2. The Morgan fingerprint density at radius 3 is 2.59 bits per heavy atom. The molecule has 2 aromatic rings. The molecular formula is C17H25F3N5O3P. The molecular weight excluding hydrogens is 410 g/mol. The van der Waals surface area contributed by atoms with Crippen molar-refractivity contribution in [3.8, 4) is 0 Å². The van der Waals surface area contributed by atoms with Crippen LogP contribution in [0.3, 0.4) is 0 Å². The van der Waals surface area contributed by atoms with Crippen LogP contribution in [0.1, 0.15) is 45.6 Å². The summed E-state index contributed by atoms with van der Waals surface area (Å²) >= 11 is 0. The highest BCUT2D eigenvalue weighted by Crippen LogP contribution is 2.60. The number of hydrogen-bond acceptors (Lipinski definition) is 7.